The van der Waals surface area contributed by atoms with E-state index in [0.717, 1.165) is 44.9 Å². The minimum Gasteiger partial charge on any atom is -0.345 e. The summed E-state index contributed by atoms with van der Waals surface area (Å²) in [4.78, 5) is 36.7. The monoisotopic (exact) mass is 339 g/mol. The molecule has 0 N–H and O–H groups in total. The molecule has 0 spiro atoms. The zero-order valence-corrected chi connectivity index (χ0v) is 15.7. The molecule has 0 bridgehead atoms. The van der Waals surface area contributed by atoms with E-state index in [-0.39, 0.29) is 23.5 Å². The second kappa shape index (κ2) is 10.2. The number of hydrogen-bond acceptors (Lipinski definition) is 4. The average molecular weight is 339 g/mol. The van der Waals surface area contributed by atoms with Crippen LogP contribution >= 0.6 is 11.8 Å². The van der Waals surface area contributed by atoms with Gasteiger partial charge in [-0.1, -0.05) is 13.8 Å². The topological polar surface area (TPSA) is 54.5 Å². The summed E-state index contributed by atoms with van der Waals surface area (Å²) in [5, 5.41) is 0.151. The van der Waals surface area contributed by atoms with Gasteiger partial charge in [-0.25, -0.2) is 0 Å². The van der Waals surface area contributed by atoms with Crippen molar-refractivity contribution in [2.75, 3.05) is 13.6 Å². The maximum Gasteiger partial charge on any atom is 0.223 e. The molecule has 2 unspecified atom stereocenters. The Hall–Kier alpha value is -0.775. The second-order valence-electron chi connectivity index (χ2n) is 6.84. The minimum absolute atomic E-state index is 0.0478. The molecular formula is C17H30BNO3S. The summed E-state index contributed by atoms with van der Waals surface area (Å²) in [6.45, 7) is 4.91. The predicted octanol–water partition coefficient (Wildman–Crippen LogP) is 1.90. The fourth-order valence-electron chi connectivity index (χ4n) is 3.09. The summed E-state index contributed by atoms with van der Waals surface area (Å²) in [5.74, 6) is 0.752. The van der Waals surface area contributed by atoms with Crippen molar-refractivity contribution in [3.63, 3.8) is 0 Å². The predicted molar refractivity (Wildman–Crippen MR) is 98.4 cm³/mol. The lowest BCUT2D eigenvalue weighted by Gasteiger charge is -2.30. The summed E-state index contributed by atoms with van der Waals surface area (Å²) in [6.07, 6.45) is 6.11. The molecule has 0 aromatic heterocycles. The minimum atomic E-state index is -0.242. The van der Waals surface area contributed by atoms with Gasteiger partial charge < -0.3 is 14.5 Å². The third-order valence-corrected chi connectivity index (χ3v) is 6.31. The van der Waals surface area contributed by atoms with E-state index in [1.807, 2.05) is 7.05 Å². The summed E-state index contributed by atoms with van der Waals surface area (Å²) < 4.78 is 0. The Balaban J connectivity index is 2.39. The van der Waals surface area contributed by atoms with Gasteiger partial charge in [0.2, 0.25) is 5.91 Å². The van der Waals surface area contributed by atoms with E-state index in [1.165, 1.54) is 0 Å². The molecule has 130 valence electrons. The van der Waals surface area contributed by atoms with Crippen LogP contribution in [0, 0.1) is 11.8 Å². The van der Waals surface area contributed by atoms with Crippen LogP contribution in [0.2, 0.25) is 0 Å². The van der Waals surface area contributed by atoms with Crippen LogP contribution in [-0.4, -0.2) is 54.7 Å². The SMILES string of the molecule is BC(=O)C1CCC(CN(C)C(=O)CC(C=O)SC(C)CC)CC1. The highest BCUT2D eigenvalue weighted by Gasteiger charge is 2.26. The first kappa shape index (κ1) is 20.3. The van der Waals surface area contributed by atoms with Gasteiger partial charge in [-0.2, -0.15) is 0 Å². The largest absolute Gasteiger partial charge is 0.345 e. The van der Waals surface area contributed by atoms with Crippen LogP contribution in [0.5, 0.6) is 0 Å². The second-order valence-corrected chi connectivity index (χ2v) is 8.52. The molecule has 0 radical (unpaired) electrons. The van der Waals surface area contributed by atoms with Crippen molar-refractivity contribution in [2.45, 2.75) is 62.9 Å². The van der Waals surface area contributed by atoms with Gasteiger partial charge in [0.05, 0.1) is 10.9 Å². The first-order chi connectivity index (χ1) is 10.9. The Bertz CT molecular complexity index is 411. The Morgan fingerprint density at radius 2 is 1.91 bits per heavy atom. The number of thioether (sulfide) groups is 1. The first-order valence-corrected chi connectivity index (χ1v) is 9.66. The first-order valence-electron chi connectivity index (χ1n) is 8.72. The molecule has 1 fully saturated rings. The number of amides is 1. The van der Waals surface area contributed by atoms with Crippen LogP contribution < -0.4 is 0 Å². The lowest BCUT2D eigenvalue weighted by Crippen LogP contribution is -2.35. The standard InChI is InChI=1S/C17H30BNO3S/c1-4-12(2)23-15(11-20)9-16(21)19(3)10-13-5-7-14(8-6-13)17(18)22/h11-15H,4-10,18H2,1-3H3. The highest BCUT2D eigenvalue weighted by molar-refractivity contribution is 8.01. The molecular weight excluding hydrogens is 309 g/mol. The van der Waals surface area contributed by atoms with Gasteiger partial charge in [0.15, 0.2) is 7.85 Å². The smallest absolute Gasteiger partial charge is 0.223 e. The van der Waals surface area contributed by atoms with Crippen LogP contribution in [0.3, 0.4) is 0 Å². The van der Waals surface area contributed by atoms with Crippen LogP contribution in [0.4, 0.5) is 0 Å². The number of carbonyl (C=O) groups excluding carboxylic acids is 3. The molecule has 1 amide bonds. The van der Waals surface area contributed by atoms with Crippen LogP contribution in [0.15, 0.2) is 0 Å². The summed E-state index contributed by atoms with van der Waals surface area (Å²) in [5.41, 5.74) is 0.295. The van der Waals surface area contributed by atoms with Crippen molar-refractivity contribution >= 4 is 37.5 Å². The molecule has 6 heteroatoms. The Morgan fingerprint density at radius 3 is 2.39 bits per heavy atom. The van der Waals surface area contributed by atoms with Gasteiger partial charge in [-0.15, -0.1) is 11.8 Å². The van der Waals surface area contributed by atoms with Crippen LogP contribution in [-0.2, 0) is 14.4 Å². The van der Waals surface area contributed by atoms with Crippen molar-refractivity contribution < 1.29 is 14.4 Å². The Morgan fingerprint density at radius 1 is 1.30 bits per heavy atom. The van der Waals surface area contributed by atoms with Crippen LogP contribution in [0.25, 0.3) is 0 Å². The fourth-order valence-corrected chi connectivity index (χ4v) is 4.18. The van der Waals surface area contributed by atoms with Gasteiger partial charge >= 0.3 is 0 Å². The van der Waals surface area contributed by atoms with E-state index in [4.69, 9.17) is 0 Å². The fraction of sp³-hybridized carbons (Fsp3) is 0.824. The average Bonchev–Trinajstić information content (AvgIpc) is 2.54. The van der Waals surface area contributed by atoms with Gasteiger partial charge in [-0.3, -0.25) is 4.79 Å². The Kier molecular flexibility index (Phi) is 8.96. The third kappa shape index (κ3) is 7.11. The van der Waals surface area contributed by atoms with E-state index in [2.05, 4.69) is 13.8 Å². The van der Waals surface area contributed by atoms with E-state index < -0.39 is 0 Å². The molecule has 4 nitrogen and oxygen atoms in total. The number of rotatable bonds is 9. The van der Waals surface area contributed by atoms with Gasteiger partial charge in [0, 0.05) is 31.2 Å². The highest BCUT2D eigenvalue weighted by atomic mass is 32.2. The molecule has 1 aliphatic carbocycles. The van der Waals surface area contributed by atoms with Gasteiger partial charge in [-0.05, 0) is 38.0 Å². The van der Waals surface area contributed by atoms with E-state index in [9.17, 15) is 14.4 Å². The third-order valence-electron chi connectivity index (χ3n) is 4.89. The summed E-state index contributed by atoms with van der Waals surface area (Å²) in [6, 6.07) is 0. The molecule has 1 aliphatic rings. The molecule has 0 aliphatic heterocycles. The number of aldehydes is 1. The molecule has 0 saturated heterocycles. The maximum atomic E-state index is 12.3. The zero-order valence-electron chi connectivity index (χ0n) is 14.9. The molecule has 1 rings (SSSR count). The summed E-state index contributed by atoms with van der Waals surface area (Å²) >= 11 is 1.59. The zero-order chi connectivity index (χ0) is 17.4. The van der Waals surface area contributed by atoms with Crippen LogP contribution in [0.1, 0.15) is 52.4 Å². The lowest BCUT2D eigenvalue weighted by molar-refractivity contribution is -0.131. The number of carbonyl (C=O) groups is 3. The van der Waals surface area contributed by atoms with Gasteiger partial charge in [0.1, 0.15) is 6.29 Å². The molecule has 2 atom stereocenters. The number of hydrogen-bond donors (Lipinski definition) is 0. The molecule has 23 heavy (non-hydrogen) atoms. The highest BCUT2D eigenvalue weighted by Crippen LogP contribution is 2.29. The number of nitrogens with zero attached hydrogens (tertiary/aromatic N) is 1. The Labute approximate surface area is 145 Å². The van der Waals surface area contributed by atoms with Crippen molar-refractivity contribution in [1.82, 2.24) is 4.90 Å². The molecule has 1 saturated carbocycles. The van der Waals surface area contributed by atoms with E-state index in [0.29, 0.717) is 16.9 Å². The van der Waals surface area contributed by atoms with Crippen molar-refractivity contribution in [3.8, 4) is 0 Å². The van der Waals surface area contributed by atoms with E-state index in [1.54, 1.807) is 24.5 Å². The van der Waals surface area contributed by atoms with Crippen molar-refractivity contribution in [1.29, 1.82) is 0 Å². The van der Waals surface area contributed by atoms with Crippen molar-refractivity contribution in [2.24, 2.45) is 11.8 Å². The normalized spacial score (nSPS) is 23.8. The molecule has 0 aromatic rings. The maximum absolute atomic E-state index is 12.3. The quantitative estimate of drug-likeness (QED) is 0.476. The lowest BCUT2D eigenvalue weighted by atomic mass is 9.75. The summed E-state index contributed by atoms with van der Waals surface area (Å²) in [7, 11) is 3.50. The molecule has 0 aromatic carbocycles. The van der Waals surface area contributed by atoms with E-state index >= 15 is 0 Å². The van der Waals surface area contributed by atoms with Gasteiger partial charge in [0.25, 0.3) is 0 Å². The van der Waals surface area contributed by atoms with Crippen molar-refractivity contribution in [3.05, 3.63) is 0 Å². The molecule has 0 heterocycles.